The zero-order valence-electron chi connectivity index (χ0n) is 14.5. The molecule has 7 heteroatoms. The number of nitrogens with one attached hydrogen (secondary N) is 1. The second-order valence-corrected chi connectivity index (χ2v) is 7.59. The molecular formula is C20H17IN2O3S. The van der Waals surface area contributed by atoms with Crippen LogP contribution in [0.15, 0.2) is 65.1 Å². The predicted molar refractivity (Wildman–Crippen MR) is 116 cm³/mol. The molecule has 0 aliphatic carbocycles. The Bertz CT molecular complexity index is 928. The van der Waals surface area contributed by atoms with Gasteiger partial charge in [0, 0.05) is 0 Å². The number of rotatable bonds is 7. The van der Waals surface area contributed by atoms with E-state index in [0.717, 1.165) is 14.7 Å². The molecule has 0 fully saturated rings. The van der Waals surface area contributed by atoms with Crippen LogP contribution in [0.5, 0.6) is 11.5 Å². The van der Waals surface area contributed by atoms with Crippen LogP contribution in [0.1, 0.15) is 20.8 Å². The number of carbonyl (C=O) groups excluding carboxylic acids is 1. The van der Waals surface area contributed by atoms with E-state index in [-0.39, 0.29) is 5.91 Å². The van der Waals surface area contributed by atoms with E-state index in [9.17, 15) is 4.79 Å². The molecule has 0 aliphatic rings. The van der Waals surface area contributed by atoms with E-state index in [4.69, 9.17) is 9.47 Å². The van der Waals surface area contributed by atoms with E-state index < -0.39 is 0 Å². The van der Waals surface area contributed by atoms with Crippen molar-refractivity contribution >= 4 is 46.0 Å². The molecule has 1 N–H and O–H groups in total. The minimum atomic E-state index is -0.231. The molecular weight excluding hydrogens is 475 g/mol. The molecule has 0 atom stereocenters. The summed E-state index contributed by atoms with van der Waals surface area (Å²) in [5.74, 6) is 1.07. The largest absolute Gasteiger partial charge is 0.493 e. The Morgan fingerprint density at radius 3 is 2.74 bits per heavy atom. The highest BCUT2D eigenvalue weighted by Crippen LogP contribution is 2.34. The summed E-state index contributed by atoms with van der Waals surface area (Å²) in [6.07, 6.45) is 1.58. The summed E-state index contributed by atoms with van der Waals surface area (Å²) < 4.78 is 12.3. The van der Waals surface area contributed by atoms with Crippen LogP contribution in [0, 0.1) is 3.57 Å². The average molecular weight is 492 g/mol. The molecule has 0 spiro atoms. The van der Waals surface area contributed by atoms with E-state index in [1.54, 1.807) is 19.4 Å². The summed E-state index contributed by atoms with van der Waals surface area (Å²) in [6, 6.07) is 17.3. The highest BCUT2D eigenvalue weighted by Gasteiger charge is 2.11. The standard InChI is InChI=1S/C20H17IN2O3S/c1-25-17-11-15(12-22-23-20(24)18-8-5-9-27-18)10-16(21)19(17)26-13-14-6-3-2-4-7-14/h2-12H,13H2,1H3,(H,23,24)/b22-12-. The number of ether oxygens (including phenoxy) is 2. The lowest BCUT2D eigenvalue weighted by atomic mass is 10.2. The van der Waals surface area contributed by atoms with Crippen molar-refractivity contribution in [1.82, 2.24) is 5.43 Å². The molecule has 1 amide bonds. The zero-order valence-corrected chi connectivity index (χ0v) is 17.5. The van der Waals surface area contributed by atoms with E-state index in [0.29, 0.717) is 23.0 Å². The Balaban J connectivity index is 1.69. The smallest absolute Gasteiger partial charge is 0.281 e. The second-order valence-electron chi connectivity index (χ2n) is 5.48. The lowest BCUT2D eigenvalue weighted by Crippen LogP contribution is -2.16. The number of benzene rings is 2. The fourth-order valence-corrected chi connectivity index (χ4v) is 3.71. The number of halogens is 1. The van der Waals surface area contributed by atoms with Gasteiger partial charge in [-0.05, 0) is 57.3 Å². The van der Waals surface area contributed by atoms with Crippen LogP contribution in [0.4, 0.5) is 0 Å². The number of hydrogen-bond donors (Lipinski definition) is 1. The quantitative estimate of drug-likeness (QED) is 0.296. The van der Waals surface area contributed by atoms with Gasteiger partial charge in [-0.2, -0.15) is 5.10 Å². The summed E-state index contributed by atoms with van der Waals surface area (Å²) in [6.45, 7) is 0.456. The maximum absolute atomic E-state index is 11.9. The molecule has 27 heavy (non-hydrogen) atoms. The van der Waals surface area contributed by atoms with Gasteiger partial charge in [-0.3, -0.25) is 4.79 Å². The van der Waals surface area contributed by atoms with Crippen molar-refractivity contribution in [2.75, 3.05) is 7.11 Å². The van der Waals surface area contributed by atoms with Gasteiger partial charge in [0.1, 0.15) is 6.61 Å². The summed E-state index contributed by atoms with van der Waals surface area (Å²) >= 11 is 3.57. The average Bonchev–Trinajstić information content (AvgIpc) is 3.22. The van der Waals surface area contributed by atoms with Crippen LogP contribution in [0.2, 0.25) is 0 Å². The molecule has 3 rings (SSSR count). The minimum absolute atomic E-state index is 0.231. The number of thiophene rings is 1. The van der Waals surface area contributed by atoms with Crippen LogP contribution in [0.25, 0.3) is 0 Å². The Morgan fingerprint density at radius 1 is 1.22 bits per heavy atom. The molecule has 0 bridgehead atoms. The molecule has 5 nitrogen and oxygen atoms in total. The topological polar surface area (TPSA) is 59.9 Å². The molecule has 1 heterocycles. The summed E-state index contributed by atoms with van der Waals surface area (Å²) in [4.78, 5) is 12.5. The first-order valence-corrected chi connectivity index (χ1v) is 10.0. The maximum atomic E-state index is 11.9. The van der Waals surface area contributed by atoms with Gasteiger partial charge in [-0.15, -0.1) is 11.3 Å². The number of amides is 1. The van der Waals surface area contributed by atoms with Crippen molar-refractivity contribution < 1.29 is 14.3 Å². The van der Waals surface area contributed by atoms with Crippen LogP contribution < -0.4 is 14.9 Å². The lowest BCUT2D eigenvalue weighted by Gasteiger charge is -2.13. The zero-order chi connectivity index (χ0) is 19.1. The molecule has 0 saturated heterocycles. The fourth-order valence-electron chi connectivity index (χ4n) is 2.31. The Hall–Kier alpha value is -2.39. The Labute approximate surface area is 175 Å². The first-order valence-electron chi connectivity index (χ1n) is 8.08. The lowest BCUT2D eigenvalue weighted by molar-refractivity contribution is 0.0959. The van der Waals surface area contributed by atoms with E-state index in [1.807, 2.05) is 53.9 Å². The van der Waals surface area contributed by atoms with Crippen LogP contribution in [-0.4, -0.2) is 19.2 Å². The molecule has 0 radical (unpaired) electrons. The third-order valence-corrected chi connectivity index (χ3v) is 5.27. The fraction of sp³-hybridized carbons (Fsp3) is 0.100. The first-order chi connectivity index (χ1) is 13.2. The van der Waals surface area contributed by atoms with Gasteiger partial charge in [-0.1, -0.05) is 36.4 Å². The summed E-state index contributed by atoms with van der Waals surface area (Å²) in [5, 5.41) is 5.87. The Morgan fingerprint density at radius 2 is 2.04 bits per heavy atom. The second kappa shape index (κ2) is 9.52. The number of methoxy groups -OCH3 is 1. The molecule has 1 aromatic heterocycles. The van der Waals surface area contributed by atoms with Crippen molar-refractivity contribution in [3.05, 3.63) is 79.6 Å². The summed E-state index contributed by atoms with van der Waals surface area (Å²) in [5.41, 5.74) is 4.40. The van der Waals surface area contributed by atoms with Gasteiger partial charge in [0.2, 0.25) is 0 Å². The monoisotopic (exact) mass is 492 g/mol. The molecule has 138 valence electrons. The van der Waals surface area contributed by atoms with Gasteiger partial charge in [0.15, 0.2) is 11.5 Å². The third kappa shape index (κ3) is 5.30. The van der Waals surface area contributed by atoms with Crippen LogP contribution >= 0.6 is 33.9 Å². The van der Waals surface area contributed by atoms with Crippen molar-refractivity contribution in [2.45, 2.75) is 6.61 Å². The van der Waals surface area contributed by atoms with Crippen molar-refractivity contribution in [1.29, 1.82) is 0 Å². The Kier molecular flexibility index (Phi) is 6.83. The highest BCUT2D eigenvalue weighted by molar-refractivity contribution is 14.1. The molecule has 3 aromatic rings. The minimum Gasteiger partial charge on any atom is -0.493 e. The predicted octanol–water partition coefficient (Wildman–Crippen LogP) is 4.70. The number of hydrogen-bond acceptors (Lipinski definition) is 5. The maximum Gasteiger partial charge on any atom is 0.281 e. The van der Waals surface area contributed by atoms with Gasteiger partial charge >= 0.3 is 0 Å². The number of nitrogens with zero attached hydrogens (tertiary/aromatic N) is 1. The SMILES string of the molecule is COc1cc(/C=N\NC(=O)c2cccs2)cc(I)c1OCc1ccccc1. The van der Waals surface area contributed by atoms with Crippen LogP contribution in [-0.2, 0) is 6.61 Å². The third-order valence-electron chi connectivity index (χ3n) is 3.60. The van der Waals surface area contributed by atoms with Gasteiger partial charge in [-0.25, -0.2) is 5.43 Å². The van der Waals surface area contributed by atoms with Gasteiger partial charge in [0.25, 0.3) is 5.91 Å². The highest BCUT2D eigenvalue weighted by atomic mass is 127. The van der Waals surface area contributed by atoms with Crippen molar-refractivity contribution in [2.24, 2.45) is 5.10 Å². The van der Waals surface area contributed by atoms with E-state index in [1.165, 1.54) is 11.3 Å². The van der Waals surface area contributed by atoms with Crippen molar-refractivity contribution in [3.63, 3.8) is 0 Å². The van der Waals surface area contributed by atoms with E-state index in [2.05, 4.69) is 33.1 Å². The first kappa shape index (κ1) is 19.4. The van der Waals surface area contributed by atoms with Crippen molar-refractivity contribution in [3.8, 4) is 11.5 Å². The molecule has 0 aliphatic heterocycles. The number of carbonyl (C=O) groups is 1. The van der Waals surface area contributed by atoms with Gasteiger partial charge in [0.05, 0.1) is 21.8 Å². The molecule has 0 saturated carbocycles. The normalized spacial score (nSPS) is 10.7. The summed E-state index contributed by atoms with van der Waals surface area (Å²) in [7, 11) is 1.60. The number of hydrazone groups is 1. The van der Waals surface area contributed by atoms with Gasteiger partial charge < -0.3 is 9.47 Å². The molecule has 0 unspecified atom stereocenters. The van der Waals surface area contributed by atoms with E-state index >= 15 is 0 Å². The molecule has 2 aromatic carbocycles. The van der Waals surface area contributed by atoms with Crippen LogP contribution in [0.3, 0.4) is 0 Å².